The smallest absolute Gasteiger partial charge is 0.0545 e. The maximum atomic E-state index is 9.48. The molecule has 1 rings (SSSR count). The molecule has 1 fully saturated rings. The number of hydrogen-bond donors (Lipinski definition) is 1. The van der Waals surface area contributed by atoms with Crippen LogP contribution in [-0.4, -0.2) is 11.2 Å². The van der Waals surface area contributed by atoms with Crippen molar-refractivity contribution in [2.45, 2.75) is 66.9 Å². The van der Waals surface area contributed by atoms with E-state index in [0.29, 0.717) is 10.8 Å². The Hall–Kier alpha value is -0.0400. The molecule has 0 heterocycles. The molecule has 13 heavy (non-hydrogen) atoms. The van der Waals surface area contributed by atoms with Gasteiger partial charge in [-0.15, -0.1) is 0 Å². The van der Waals surface area contributed by atoms with Gasteiger partial charge < -0.3 is 5.11 Å². The van der Waals surface area contributed by atoms with Crippen molar-refractivity contribution in [1.82, 2.24) is 0 Å². The molecule has 1 atom stereocenters. The van der Waals surface area contributed by atoms with Gasteiger partial charge in [0.2, 0.25) is 0 Å². The summed E-state index contributed by atoms with van der Waals surface area (Å²) in [6, 6.07) is 0. The molecule has 0 aliphatic heterocycles. The van der Waals surface area contributed by atoms with E-state index in [-0.39, 0.29) is 6.10 Å². The minimum atomic E-state index is -0.0574. The molecule has 0 radical (unpaired) electrons. The van der Waals surface area contributed by atoms with E-state index in [1.54, 1.807) is 0 Å². The van der Waals surface area contributed by atoms with Crippen LogP contribution < -0.4 is 0 Å². The van der Waals surface area contributed by atoms with Crippen molar-refractivity contribution >= 4 is 0 Å². The van der Waals surface area contributed by atoms with Crippen LogP contribution in [0.3, 0.4) is 0 Å². The third-order valence-electron chi connectivity index (χ3n) is 3.68. The number of aliphatic hydroxyl groups excluding tert-OH is 1. The maximum absolute atomic E-state index is 9.48. The molecule has 0 aromatic heterocycles. The third-order valence-corrected chi connectivity index (χ3v) is 3.68. The van der Waals surface area contributed by atoms with Gasteiger partial charge in [0, 0.05) is 0 Å². The summed E-state index contributed by atoms with van der Waals surface area (Å²) in [7, 11) is 0. The SMILES string of the molecule is CC.CC1(C)CC[C@H](O)CC1(C)C. The van der Waals surface area contributed by atoms with Crippen LogP contribution >= 0.6 is 0 Å². The lowest BCUT2D eigenvalue weighted by Crippen LogP contribution is -2.40. The molecule has 0 aromatic carbocycles. The van der Waals surface area contributed by atoms with E-state index in [1.165, 1.54) is 0 Å². The van der Waals surface area contributed by atoms with E-state index in [2.05, 4.69) is 27.7 Å². The fourth-order valence-corrected chi connectivity index (χ4v) is 1.83. The van der Waals surface area contributed by atoms with Crippen LogP contribution in [0.25, 0.3) is 0 Å². The van der Waals surface area contributed by atoms with Gasteiger partial charge >= 0.3 is 0 Å². The average Bonchev–Trinajstić information content (AvgIpc) is 2.02. The second kappa shape index (κ2) is 4.45. The second-order valence-electron chi connectivity index (χ2n) is 5.16. The van der Waals surface area contributed by atoms with Crippen LogP contribution in [0.4, 0.5) is 0 Å². The van der Waals surface area contributed by atoms with E-state index in [9.17, 15) is 5.11 Å². The van der Waals surface area contributed by atoms with E-state index in [0.717, 1.165) is 19.3 Å². The third kappa shape index (κ3) is 2.98. The molecule has 0 bridgehead atoms. The summed E-state index contributed by atoms with van der Waals surface area (Å²) in [6.07, 6.45) is 3.04. The van der Waals surface area contributed by atoms with Crippen molar-refractivity contribution in [1.29, 1.82) is 0 Å². The lowest BCUT2D eigenvalue weighted by atomic mass is 9.59. The van der Waals surface area contributed by atoms with E-state index in [4.69, 9.17) is 0 Å². The molecule has 80 valence electrons. The first-order valence-electron chi connectivity index (χ1n) is 5.53. The van der Waals surface area contributed by atoms with Gasteiger partial charge in [-0.3, -0.25) is 0 Å². The Morgan fingerprint density at radius 2 is 1.46 bits per heavy atom. The normalized spacial score (nSPS) is 30.2. The zero-order valence-electron chi connectivity index (χ0n) is 10.1. The first-order chi connectivity index (χ1) is 5.85. The molecule has 0 unspecified atom stereocenters. The zero-order valence-corrected chi connectivity index (χ0v) is 10.1. The Labute approximate surface area is 83.5 Å². The molecule has 1 heteroatoms. The van der Waals surface area contributed by atoms with Gasteiger partial charge in [0.1, 0.15) is 0 Å². The first kappa shape index (κ1) is 13.0. The van der Waals surface area contributed by atoms with Crippen molar-refractivity contribution in [3.63, 3.8) is 0 Å². The predicted octanol–water partition coefficient (Wildman–Crippen LogP) is 3.61. The van der Waals surface area contributed by atoms with Gasteiger partial charge in [-0.1, -0.05) is 41.5 Å². The summed E-state index contributed by atoms with van der Waals surface area (Å²) >= 11 is 0. The maximum Gasteiger partial charge on any atom is 0.0545 e. The van der Waals surface area contributed by atoms with Crippen LogP contribution in [0.5, 0.6) is 0 Å². The van der Waals surface area contributed by atoms with Crippen molar-refractivity contribution in [2.75, 3.05) is 0 Å². The molecule has 0 amide bonds. The lowest BCUT2D eigenvalue weighted by molar-refractivity contribution is -0.0248. The molecule has 0 aromatic rings. The van der Waals surface area contributed by atoms with Gasteiger partial charge in [-0.25, -0.2) is 0 Å². The van der Waals surface area contributed by atoms with Crippen molar-refractivity contribution in [2.24, 2.45) is 10.8 Å². The summed E-state index contributed by atoms with van der Waals surface area (Å²) in [6.45, 7) is 13.1. The molecular weight excluding hydrogens is 160 g/mol. The highest BCUT2D eigenvalue weighted by Gasteiger charge is 2.41. The highest BCUT2D eigenvalue weighted by molar-refractivity contribution is 4.92. The standard InChI is InChI=1S/C10H20O.C2H6/c1-9(2)6-5-8(11)7-10(9,3)4;1-2/h8,11H,5-7H2,1-4H3;1-2H3/t8-;/m0./s1. The van der Waals surface area contributed by atoms with Crippen molar-refractivity contribution < 1.29 is 5.11 Å². The van der Waals surface area contributed by atoms with Crippen LogP contribution in [0, 0.1) is 10.8 Å². The Morgan fingerprint density at radius 3 is 1.77 bits per heavy atom. The molecule has 1 nitrogen and oxygen atoms in total. The molecule has 1 saturated carbocycles. The number of aliphatic hydroxyl groups is 1. The summed E-state index contributed by atoms with van der Waals surface area (Å²) in [4.78, 5) is 0. The Kier molecular flexibility index (Phi) is 4.44. The minimum absolute atomic E-state index is 0.0574. The fraction of sp³-hybridized carbons (Fsp3) is 1.00. The van der Waals surface area contributed by atoms with Gasteiger partial charge in [0.05, 0.1) is 6.10 Å². The molecule has 1 aliphatic carbocycles. The fourth-order valence-electron chi connectivity index (χ4n) is 1.83. The zero-order chi connectivity index (χ0) is 10.7. The quantitative estimate of drug-likeness (QED) is 0.612. The van der Waals surface area contributed by atoms with Crippen LogP contribution in [-0.2, 0) is 0 Å². The molecule has 1 aliphatic rings. The van der Waals surface area contributed by atoms with Gasteiger partial charge in [0.15, 0.2) is 0 Å². The number of hydrogen-bond acceptors (Lipinski definition) is 1. The Morgan fingerprint density at radius 1 is 1.00 bits per heavy atom. The van der Waals surface area contributed by atoms with E-state index < -0.39 is 0 Å². The minimum Gasteiger partial charge on any atom is -0.393 e. The van der Waals surface area contributed by atoms with Crippen LogP contribution in [0.1, 0.15) is 60.8 Å². The largest absolute Gasteiger partial charge is 0.393 e. The van der Waals surface area contributed by atoms with E-state index >= 15 is 0 Å². The van der Waals surface area contributed by atoms with Crippen LogP contribution in [0.2, 0.25) is 0 Å². The van der Waals surface area contributed by atoms with Gasteiger partial charge in [0.25, 0.3) is 0 Å². The van der Waals surface area contributed by atoms with Gasteiger partial charge in [-0.2, -0.15) is 0 Å². The summed E-state index contributed by atoms with van der Waals surface area (Å²) in [5, 5.41) is 9.48. The van der Waals surface area contributed by atoms with Crippen LogP contribution in [0.15, 0.2) is 0 Å². The predicted molar refractivity (Wildman–Crippen MR) is 58.8 cm³/mol. The number of rotatable bonds is 0. The second-order valence-corrected chi connectivity index (χ2v) is 5.16. The monoisotopic (exact) mass is 186 g/mol. The lowest BCUT2D eigenvalue weighted by Gasteiger charge is -2.47. The summed E-state index contributed by atoms with van der Waals surface area (Å²) in [5.74, 6) is 0. The molecule has 0 spiro atoms. The average molecular weight is 186 g/mol. The highest BCUT2D eigenvalue weighted by atomic mass is 16.3. The molecule has 1 N–H and O–H groups in total. The molecule has 0 saturated heterocycles. The topological polar surface area (TPSA) is 20.2 Å². The molecular formula is C12H26O. The Balaban J connectivity index is 0.000000671. The summed E-state index contributed by atoms with van der Waals surface area (Å²) in [5.41, 5.74) is 0.691. The van der Waals surface area contributed by atoms with E-state index in [1.807, 2.05) is 13.8 Å². The van der Waals surface area contributed by atoms with Crippen molar-refractivity contribution in [3.8, 4) is 0 Å². The van der Waals surface area contributed by atoms with Gasteiger partial charge in [-0.05, 0) is 30.1 Å². The first-order valence-corrected chi connectivity index (χ1v) is 5.53. The van der Waals surface area contributed by atoms with Crippen molar-refractivity contribution in [3.05, 3.63) is 0 Å². The summed E-state index contributed by atoms with van der Waals surface area (Å²) < 4.78 is 0. The Bertz CT molecular complexity index is 147. The highest BCUT2D eigenvalue weighted by Crippen LogP contribution is 2.49.